The van der Waals surface area contributed by atoms with Crippen LogP contribution in [0.4, 0.5) is 0 Å². The van der Waals surface area contributed by atoms with Crippen LogP contribution in [-0.4, -0.2) is 17.4 Å². The third-order valence-corrected chi connectivity index (χ3v) is 4.33. The zero-order valence-corrected chi connectivity index (χ0v) is 14.1. The Morgan fingerprint density at radius 1 is 1.12 bits per heavy atom. The van der Waals surface area contributed by atoms with Gasteiger partial charge >= 0.3 is 0 Å². The van der Waals surface area contributed by atoms with E-state index < -0.39 is 0 Å². The van der Waals surface area contributed by atoms with E-state index in [4.69, 9.17) is 0 Å². The summed E-state index contributed by atoms with van der Waals surface area (Å²) >= 11 is 0. The highest BCUT2D eigenvalue weighted by molar-refractivity contribution is 6.05. The van der Waals surface area contributed by atoms with Crippen LogP contribution in [0.1, 0.15) is 38.7 Å². The summed E-state index contributed by atoms with van der Waals surface area (Å²) in [6, 6.07) is 14.0. The van der Waals surface area contributed by atoms with Crippen molar-refractivity contribution in [1.29, 1.82) is 0 Å². The van der Waals surface area contributed by atoms with Gasteiger partial charge < -0.3 is 0 Å². The first-order chi connectivity index (χ1) is 11.4. The molecule has 4 nitrogen and oxygen atoms in total. The average Bonchev–Trinajstić information content (AvgIpc) is 2.51. The Morgan fingerprint density at radius 2 is 1.88 bits per heavy atom. The van der Waals surface area contributed by atoms with E-state index in [0.717, 1.165) is 28.5 Å². The molecule has 1 saturated carbocycles. The molecule has 3 rings (SSSR count). The molecule has 0 aromatic heterocycles. The number of fused-ring (bicyclic) bond motifs is 1. The van der Waals surface area contributed by atoms with Crippen molar-refractivity contribution in [2.45, 2.75) is 39.5 Å². The number of nitrogens with one attached hydrogen (secondary N) is 1. The lowest BCUT2D eigenvalue weighted by Crippen LogP contribution is -2.31. The topological polar surface area (TPSA) is 58.5 Å². The maximum Gasteiger partial charge on any atom is 0.244 e. The highest BCUT2D eigenvalue weighted by Crippen LogP contribution is 2.31. The highest BCUT2D eigenvalue weighted by atomic mass is 16.2. The zero-order valence-electron chi connectivity index (χ0n) is 14.1. The Bertz CT molecular complexity index is 816. The van der Waals surface area contributed by atoms with Gasteiger partial charge in [-0.1, -0.05) is 56.3 Å². The van der Waals surface area contributed by atoms with E-state index in [9.17, 15) is 9.59 Å². The van der Waals surface area contributed by atoms with Crippen molar-refractivity contribution in [3.63, 3.8) is 0 Å². The molecule has 0 heterocycles. The summed E-state index contributed by atoms with van der Waals surface area (Å²) in [7, 11) is 0. The maximum absolute atomic E-state index is 12.2. The zero-order chi connectivity index (χ0) is 17.2. The second-order valence-electron chi connectivity index (χ2n) is 7.26. The molecule has 1 N–H and O–H groups in total. The van der Waals surface area contributed by atoms with Gasteiger partial charge in [-0.3, -0.25) is 9.59 Å². The maximum atomic E-state index is 12.2. The largest absolute Gasteiger partial charge is 0.299 e. The Hall–Kier alpha value is -2.49. The molecule has 0 aliphatic heterocycles. The lowest BCUT2D eigenvalue weighted by molar-refractivity contribution is -0.121. The molecule has 0 atom stereocenters. The molecule has 1 amide bonds. The Balaban J connectivity index is 1.69. The molecule has 1 aliphatic rings. The first-order valence-corrected chi connectivity index (χ1v) is 8.26. The van der Waals surface area contributed by atoms with Crippen molar-refractivity contribution >= 4 is 28.2 Å². The predicted octanol–water partition coefficient (Wildman–Crippen LogP) is 3.63. The average molecular weight is 322 g/mol. The van der Waals surface area contributed by atoms with Crippen molar-refractivity contribution in [3.8, 4) is 0 Å². The molecule has 24 heavy (non-hydrogen) atoms. The normalized spacial score (nSPS) is 18.8. The molecule has 0 saturated heterocycles. The minimum absolute atomic E-state index is 0.0749. The first kappa shape index (κ1) is 16.4. The number of ketones is 1. The van der Waals surface area contributed by atoms with E-state index in [2.05, 4.69) is 24.4 Å². The summed E-state index contributed by atoms with van der Waals surface area (Å²) in [5.41, 5.74) is 4.29. The first-order valence-electron chi connectivity index (χ1n) is 8.26. The fourth-order valence-corrected chi connectivity index (χ4v) is 3.38. The molecule has 2 aromatic rings. The van der Waals surface area contributed by atoms with E-state index >= 15 is 0 Å². The standard InChI is InChI=1S/C20H22N2O2/c1-20(2)12-16(11-17(23)13-20)21-22-19(24)10-15-8-5-7-14-6-3-4-9-18(14)15/h3-9H,10-13H2,1-2H3,(H,22,24)/b21-16+. The van der Waals surface area contributed by atoms with Crippen LogP contribution in [0.3, 0.4) is 0 Å². The van der Waals surface area contributed by atoms with Crippen LogP contribution >= 0.6 is 0 Å². The smallest absolute Gasteiger partial charge is 0.244 e. The Labute approximate surface area is 141 Å². The van der Waals surface area contributed by atoms with Crippen LogP contribution in [0.2, 0.25) is 0 Å². The number of hydrazone groups is 1. The molecule has 4 heteroatoms. The number of rotatable bonds is 3. The third kappa shape index (κ3) is 3.88. The fraction of sp³-hybridized carbons (Fsp3) is 0.350. The van der Waals surface area contributed by atoms with E-state index in [1.54, 1.807) is 0 Å². The third-order valence-electron chi connectivity index (χ3n) is 4.33. The molecule has 0 bridgehead atoms. The van der Waals surface area contributed by atoms with Crippen molar-refractivity contribution in [2.75, 3.05) is 0 Å². The SMILES string of the molecule is CC1(C)CC(=O)C/C(=N\NC(=O)Cc2cccc3ccccc23)C1. The number of amides is 1. The van der Waals surface area contributed by atoms with E-state index in [0.29, 0.717) is 12.8 Å². The summed E-state index contributed by atoms with van der Waals surface area (Å²) in [6.45, 7) is 4.11. The van der Waals surface area contributed by atoms with Gasteiger partial charge in [0, 0.05) is 18.6 Å². The van der Waals surface area contributed by atoms with Crippen LogP contribution in [0.25, 0.3) is 10.8 Å². The summed E-state index contributed by atoms with van der Waals surface area (Å²) in [6.07, 6.45) is 1.94. The lowest BCUT2D eigenvalue weighted by Gasteiger charge is -2.29. The molecule has 2 aromatic carbocycles. The van der Waals surface area contributed by atoms with E-state index in [-0.39, 0.29) is 23.5 Å². The van der Waals surface area contributed by atoms with Crippen molar-refractivity contribution < 1.29 is 9.59 Å². The number of benzene rings is 2. The number of hydrogen-bond acceptors (Lipinski definition) is 3. The van der Waals surface area contributed by atoms with Crippen LogP contribution in [0, 0.1) is 5.41 Å². The van der Waals surface area contributed by atoms with Crippen molar-refractivity contribution in [1.82, 2.24) is 5.43 Å². The fourth-order valence-electron chi connectivity index (χ4n) is 3.38. The molecule has 1 fully saturated rings. The number of nitrogens with zero attached hydrogens (tertiary/aromatic N) is 1. The minimum Gasteiger partial charge on any atom is -0.299 e. The monoisotopic (exact) mass is 322 g/mol. The van der Waals surface area contributed by atoms with Crippen LogP contribution in [0.5, 0.6) is 0 Å². The van der Waals surface area contributed by atoms with Gasteiger partial charge in [0.2, 0.25) is 5.91 Å². The van der Waals surface area contributed by atoms with Crippen LogP contribution < -0.4 is 5.43 Å². The van der Waals surface area contributed by atoms with Gasteiger partial charge in [0.05, 0.1) is 6.42 Å². The van der Waals surface area contributed by atoms with E-state index in [1.807, 2.05) is 42.5 Å². The molecule has 0 spiro atoms. The molecule has 124 valence electrons. The van der Waals surface area contributed by atoms with Gasteiger partial charge in [-0.25, -0.2) is 5.43 Å². The molecule has 0 radical (unpaired) electrons. The molecule has 1 aliphatic carbocycles. The summed E-state index contributed by atoms with van der Waals surface area (Å²) in [4.78, 5) is 24.0. The number of carbonyl (C=O) groups is 2. The van der Waals surface area contributed by atoms with Crippen LogP contribution in [-0.2, 0) is 16.0 Å². The van der Waals surface area contributed by atoms with Gasteiger partial charge in [-0.15, -0.1) is 0 Å². The van der Waals surface area contributed by atoms with Gasteiger partial charge in [-0.05, 0) is 28.2 Å². The second kappa shape index (κ2) is 6.56. The predicted molar refractivity (Wildman–Crippen MR) is 95.9 cm³/mol. The quantitative estimate of drug-likeness (QED) is 0.877. The van der Waals surface area contributed by atoms with E-state index in [1.165, 1.54) is 0 Å². The Kier molecular flexibility index (Phi) is 4.47. The number of carbonyl (C=O) groups excluding carboxylic acids is 2. The number of Topliss-reactive ketones (excluding diaryl/α,β-unsaturated/α-hetero) is 1. The van der Waals surface area contributed by atoms with Gasteiger partial charge in [0.1, 0.15) is 5.78 Å². The minimum atomic E-state index is -0.158. The highest BCUT2D eigenvalue weighted by Gasteiger charge is 2.30. The molecule has 0 unspecified atom stereocenters. The summed E-state index contributed by atoms with van der Waals surface area (Å²) in [5, 5.41) is 6.40. The second-order valence-corrected chi connectivity index (χ2v) is 7.26. The van der Waals surface area contributed by atoms with Gasteiger partial charge in [0.15, 0.2) is 0 Å². The van der Waals surface area contributed by atoms with Crippen LogP contribution in [0.15, 0.2) is 47.6 Å². The summed E-state index contributed by atoms with van der Waals surface area (Å²) in [5.74, 6) is 0.0305. The van der Waals surface area contributed by atoms with Gasteiger partial charge in [-0.2, -0.15) is 5.10 Å². The molecular formula is C20H22N2O2. The molecular weight excluding hydrogens is 300 g/mol. The van der Waals surface area contributed by atoms with Crippen molar-refractivity contribution in [2.24, 2.45) is 10.5 Å². The number of hydrogen-bond donors (Lipinski definition) is 1. The Morgan fingerprint density at radius 3 is 2.67 bits per heavy atom. The summed E-state index contributed by atoms with van der Waals surface area (Å²) < 4.78 is 0. The van der Waals surface area contributed by atoms with Gasteiger partial charge in [0.25, 0.3) is 0 Å². The van der Waals surface area contributed by atoms with Crippen molar-refractivity contribution in [3.05, 3.63) is 48.0 Å². The lowest BCUT2D eigenvalue weighted by atomic mass is 9.76.